The summed E-state index contributed by atoms with van der Waals surface area (Å²) in [6, 6.07) is 6.84. The van der Waals surface area contributed by atoms with Crippen molar-refractivity contribution in [2.75, 3.05) is 6.54 Å². The van der Waals surface area contributed by atoms with Crippen LogP contribution in [0.15, 0.2) is 36.7 Å². The molecule has 5 nitrogen and oxygen atoms in total. The van der Waals surface area contributed by atoms with E-state index in [2.05, 4.69) is 10.4 Å². The molecule has 1 heterocycles. The molecule has 118 valence electrons. The zero-order valence-electron chi connectivity index (χ0n) is 11.9. The van der Waals surface area contributed by atoms with Crippen molar-refractivity contribution in [1.82, 2.24) is 15.1 Å². The van der Waals surface area contributed by atoms with Gasteiger partial charge in [0.25, 0.3) is 0 Å². The molecule has 0 spiro atoms. The van der Waals surface area contributed by atoms with Gasteiger partial charge in [-0.2, -0.15) is 5.10 Å². The predicted molar refractivity (Wildman–Crippen MR) is 85.9 cm³/mol. The molecule has 2 rings (SSSR count). The van der Waals surface area contributed by atoms with Crippen LogP contribution < -0.4 is 5.32 Å². The Hall–Kier alpha value is -1.56. The van der Waals surface area contributed by atoms with Gasteiger partial charge in [-0.25, -0.2) is 0 Å². The van der Waals surface area contributed by atoms with E-state index in [1.807, 2.05) is 12.3 Å². The third-order valence-electron chi connectivity index (χ3n) is 3.18. The summed E-state index contributed by atoms with van der Waals surface area (Å²) in [5, 5.41) is 17.6. The van der Waals surface area contributed by atoms with Crippen molar-refractivity contribution in [2.24, 2.45) is 0 Å². The number of halogens is 2. The number of aliphatic hydroxyl groups is 1. The van der Waals surface area contributed by atoms with Gasteiger partial charge in [0.05, 0.1) is 6.10 Å². The molecule has 0 saturated heterocycles. The number of benzene rings is 1. The van der Waals surface area contributed by atoms with Crippen LogP contribution in [-0.4, -0.2) is 27.3 Å². The van der Waals surface area contributed by atoms with Gasteiger partial charge in [-0.05, 0) is 24.6 Å². The first kappa shape index (κ1) is 16.8. The van der Waals surface area contributed by atoms with E-state index in [1.165, 1.54) is 0 Å². The topological polar surface area (TPSA) is 67.2 Å². The van der Waals surface area contributed by atoms with Gasteiger partial charge in [-0.15, -0.1) is 0 Å². The van der Waals surface area contributed by atoms with E-state index >= 15 is 0 Å². The molecular weight excluding hydrogens is 325 g/mol. The molecule has 7 heteroatoms. The Morgan fingerprint density at radius 1 is 1.32 bits per heavy atom. The van der Waals surface area contributed by atoms with Crippen molar-refractivity contribution in [2.45, 2.75) is 25.5 Å². The fraction of sp³-hybridized carbons (Fsp3) is 0.333. The second kappa shape index (κ2) is 8.17. The largest absolute Gasteiger partial charge is 0.386 e. The van der Waals surface area contributed by atoms with Crippen LogP contribution in [0.25, 0.3) is 0 Å². The van der Waals surface area contributed by atoms with Crippen molar-refractivity contribution in [3.8, 4) is 0 Å². The number of amides is 1. The Labute approximate surface area is 138 Å². The molecule has 0 fully saturated rings. The standard InChI is InChI=1S/C15H17Cl2N3O2/c16-11-4-1-5-12(17)15(11)13(21)10-18-14(22)6-2-8-20-9-3-7-19-20/h1,3-5,7,9,13,21H,2,6,8,10H2,(H,18,22)/t13-/m0/s1. The Morgan fingerprint density at radius 3 is 2.68 bits per heavy atom. The van der Waals surface area contributed by atoms with E-state index in [-0.39, 0.29) is 12.5 Å². The molecule has 0 saturated carbocycles. The van der Waals surface area contributed by atoms with Crippen molar-refractivity contribution in [3.05, 3.63) is 52.3 Å². The van der Waals surface area contributed by atoms with Crippen LogP contribution >= 0.6 is 23.2 Å². The highest BCUT2D eigenvalue weighted by Crippen LogP contribution is 2.29. The highest BCUT2D eigenvalue weighted by molar-refractivity contribution is 6.36. The molecule has 1 aromatic carbocycles. The van der Waals surface area contributed by atoms with E-state index in [1.54, 1.807) is 29.1 Å². The van der Waals surface area contributed by atoms with E-state index < -0.39 is 6.10 Å². The molecule has 0 aliphatic rings. The van der Waals surface area contributed by atoms with Gasteiger partial charge in [0, 0.05) is 47.5 Å². The van der Waals surface area contributed by atoms with Gasteiger partial charge in [-0.3, -0.25) is 9.48 Å². The lowest BCUT2D eigenvalue weighted by Gasteiger charge is -2.15. The van der Waals surface area contributed by atoms with E-state index in [0.29, 0.717) is 35.0 Å². The maximum atomic E-state index is 11.8. The second-order valence-corrected chi connectivity index (χ2v) is 5.64. The van der Waals surface area contributed by atoms with Crippen molar-refractivity contribution < 1.29 is 9.90 Å². The fourth-order valence-corrected chi connectivity index (χ4v) is 2.71. The number of aliphatic hydroxyl groups excluding tert-OH is 1. The Kier molecular flexibility index (Phi) is 6.24. The molecule has 0 bridgehead atoms. The number of aryl methyl sites for hydroxylation is 1. The molecule has 2 N–H and O–H groups in total. The van der Waals surface area contributed by atoms with Gasteiger partial charge in [-0.1, -0.05) is 29.3 Å². The summed E-state index contributed by atoms with van der Waals surface area (Å²) in [4.78, 5) is 11.8. The van der Waals surface area contributed by atoms with E-state index in [4.69, 9.17) is 23.2 Å². The molecule has 1 aromatic heterocycles. The minimum absolute atomic E-state index is 0.0735. The summed E-state index contributed by atoms with van der Waals surface area (Å²) in [5.41, 5.74) is 0.433. The summed E-state index contributed by atoms with van der Waals surface area (Å²) >= 11 is 12.0. The highest BCUT2D eigenvalue weighted by Gasteiger charge is 2.16. The van der Waals surface area contributed by atoms with Crippen LogP contribution in [0.5, 0.6) is 0 Å². The number of nitrogens with zero attached hydrogens (tertiary/aromatic N) is 2. The summed E-state index contributed by atoms with van der Waals surface area (Å²) in [5.74, 6) is -0.130. The van der Waals surface area contributed by atoms with Crippen LogP contribution in [-0.2, 0) is 11.3 Å². The van der Waals surface area contributed by atoms with Crippen molar-refractivity contribution in [1.29, 1.82) is 0 Å². The minimum atomic E-state index is -0.934. The number of nitrogens with one attached hydrogen (secondary N) is 1. The third kappa shape index (κ3) is 4.73. The van der Waals surface area contributed by atoms with Gasteiger partial charge in [0.1, 0.15) is 0 Å². The van der Waals surface area contributed by atoms with Crippen LogP contribution in [0.3, 0.4) is 0 Å². The maximum absolute atomic E-state index is 11.8. The third-order valence-corrected chi connectivity index (χ3v) is 3.83. The van der Waals surface area contributed by atoms with Gasteiger partial charge < -0.3 is 10.4 Å². The lowest BCUT2D eigenvalue weighted by Crippen LogP contribution is -2.28. The summed E-state index contributed by atoms with van der Waals surface area (Å²) in [7, 11) is 0. The lowest BCUT2D eigenvalue weighted by atomic mass is 10.1. The Morgan fingerprint density at radius 2 is 2.05 bits per heavy atom. The molecule has 22 heavy (non-hydrogen) atoms. The Balaban J connectivity index is 1.76. The second-order valence-electron chi connectivity index (χ2n) is 4.83. The molecule has 1 amide bonds. The zero-order valence-corrected chi connectivity index (χ0v) is 13.4. The van der Waals surface area contributed by atoms with Crippen LogP contribution in [0.4, 0.5) is 0 Å². The lowest BCUT2D eigenvalue weighted by molar-refractivity contribution is -0.121. The molecule has 0 aliphatic heterocycles. The molecule has 0 unspecified atom stereocenters. The van der Waals surface area contributed by atoms with Gasteiger partial charge in [0.2, 0.25) is 5.91 Å². The minimum Gasteiger partial charge on any atom is -0.386 e. The summed E-state index contributed by atoms with van der Waals surface area (Å²) in [6.45, 7) is 0.753. The quantitative estimate of drug-likeness (QED) is 0.813. The van der Waals surface area contributed by atoms with E-state index in [0.717, 1.165) is 0 Å². The Bertz CT molecular complexity index is 597. The first-order chi connectivity index (χ1) is 10.6. The first-order valence-corrected chi connectivity index (χ1v) is 7.69. The van der Waals surface area contributed by atoms with Crippen molar-refractivity contribution in [3.63, 3.8) is 0 Å². The number of aromatic nitrogens is 2. The number of rotatable bonds is 7. The zero-order chi connectivity index (χ0) is 15.9. The molecule has 1 atom stereocenters. The summed E-state index contributed by atoms with van der Waals surface area (Å²) in [6.07, 6.45) is 3.65. The van der Waals surface area contributed by atoms with Crippen molar-refractivity contribution >= 4 is 29.1 Å². The number of hydrogen-bond acceptors (Lipinski definition) is 3. The fourth-order valence-electron chi connectivity index (χ4n) is 2.06. The van der Waals surface area contributed by atoms with Crippen LogP contribution in [0.1, 0.15) is 24.5 Å². The summed E-state index contributed by atoms with van der Waals surface area (Å²) < 4.78 is 1.77. The van der Waals surface area contributed by atoms with Crippen LogP contribution in [0, 0.1) is 0 Å². The average molecular weight is 342 g/mol. The molecule has 0 radical (unpaired) electrons. The average Bonchev–Trinajstić information content (AvgIpc) is 2.98. The highest BCUT2D eigenvalue weighted by atomic mass is 35.5. The number of hydrogen-bond donors (Lipinski definition) is 2. The smallest absolute Gasteiger partial charge is 0.220 e. The van der Waals surface area contributed by atoms with Crippen LogP contribution in [0.2, 0.25) is 10.0 Å². The molecule has 0 aliphatic carbocycles. The predicted octanol–water partition coefficient (Wildman–Crippen LogP) is 2.82. The molecule has 2 aromatic rings. The number of carbonyl (C=O) groups is 1. The number of carbonyl (C=O) groups excluding carboxylic acids is 1. The maximum Gasteiger partial charge on any atom is 0.220 e. The first-order valence-electron chi connectivity index (χ1n) is 6.94. The monoisotopic (exact) mass is 341 g/mol. The SMILES string of the molecule is O=C(CCCn1cccn1)NC[C@H](O)c1c(Cl)cccc1Cl. The van der Waals surface area contributed by atoms with Gasteiger partial charge >= 0.3 is 0 Å². The normalized spacial score (nSPS) is 12.1. The molecular formula is C15H17Cl2N3O2. The van der Waals surface area contributed by atoms with E-state index in [9.17, 15) is 9.90 Å². The van der Waals surface area contributed by atoms with Gasteiger partial charge in [0.15, 0.2) is 0 Å².